The third kappa shape index (κ3) is 26.1. The Morgan fingerprint density at radius 1 is 1.67 bits per heavy atom. The summed E-state index contributed by atoms with van der Waals surface area (Å²) in [4.78, 5) is 0. The minimum Gasteiger partial charge on any atom is -0.463 e. The van der Waals surface area contributed by atoms with E-state index in [4.69, 9.17) is 10.6 Å². The molecule has 0 aliphatic carbocycles. The molecule has 0 spiro atoms. The predicted molar refractivity (Wildman–Crippen MR) is 24.4 cm³/mol. The summed E-state index contributed by atoms with van der Waals surface area (Å²) in [6.45, 7) is 4.25. The first-order valence-corrected chi connectivity index (χ1v) is 1.80. The Morgan fingerprint density at radius 3 is 1.67 bits per heavy atom. The molecule has 0 saturated carbocycles. The molecule has 0 aromatic rings. The van der Waals surface area contributed by atoms with Gasteiger partial charge in [0.1, 0.15) is 0 Å². The van der Waals surface area contributed by atoms with Crippen LogP contribution in [0.25, 0.3) is 5.14 Å². The van der Waals surface area contributed by atoms with Gasteiger partial charge in [-0.05, 0) is 0 Å². The summed E-state index contributed by atoms with van der Waals surface area (Å²) in [7, 11) is 0. The summed E-state index contributed by atoms with van der Waals surface area (Å²) in [5.74, 6) is 0. The molecule has 0 aliphatic rings. The van der Waals surface area contributed by atoms with Gasteiger partial charge >= 0.3 is 0 Å². The van der Waals surface area contributed by atoms with E-state index in [1.807, 2.05) is 0 Å². The molecule has 0 rings (SSSR count). The minimum atomic E-state index is 1.25. The zero-order chi connectivity index (χ0) is 5.41. The van der Waals surface area contributed by atoms with E-state index in [1.54, 1.807) is 0 Å². The average molecular weight is 88.1 g/mol. The van der Waals surface area contributed by atoms with Gasteiger partial charge in [-0.15, -0.1) is 0 Å². The lowest BCUT2D eigenvalue weighted by Crippen LogP contribution is -1.27. The lowest BCUT2D eigenvalue weighted by molar-refractivity contribution is 1.09. The number of nitrogens with zero attached hydrogens (tertiary/aromatic N) is 2. The molecule has 0 bridgehead atoms. The van der Waals surface area contributed by atoms with Crippen LogP contribution in [0.3, 0.4) is 0 Å². The van der Waals surface area contributed by atoms with Crippen LogP contribution >= 0.6 is 0 Å². The maximum atomic E-state index is 8.11. The van der Waals surface area contributed by atoms with E-state index in [0.29, 0.717) is 0 Å². The number of hydrogen-bond acceptors (Lipinski definition) is 2. The second-order valence-corrected chi connectivity index (χ2v) is 0.789. The van der Waals surface area contributed by atoms with Crippen molar-refractivity contribution in [1.82, 2.24) is 0 Å². The molecule has 0 unspecified atom stereocenters. The molecule has 0 heterocycles. The Kier molecular flexibility index (Phi) is 43.9. The van der Waals surface area contributed by atoms with Gasteiger partial charge in [-0.1, -0.05) is 20.3 Å². The summed E-state index contributed by atoms with van der Waals surface area (Å²) in [5, 5.41) is 16.0. The second kappa shape index (κ2) is 29.4. The van der Waals surface area contributed by atoms with E-state index in [0.717, 1.165) is 0 Å². The smallest absolute Gasteiger partial charge is 0.237 e. The first kappa shape index (κ1) is 8.97. The molecule has 0 aromatic carbocycles. The summed E-state index contributed by atoms with van der Waals surface area (Å²) >= 11 is 0. The second-order valence-electron chi connectivity index (χ2n) is 0.789. The van der Waals surface area contributed by atoms with Gasteiger partial charge in [0.25, 0.3) is 0 Å². The van der Waals surface area contributed by atoms with Crippen LogP contribution in [0.4, 0.5) is 0 Å². The van der Waals surface area contributed by atoms with Gasteiger partial charge in [-0.25, -0.2) is 0 Å². The first-order valence-electron chi connectivity index (χ1n) is 1.80. The van der Waals surface area contributed by atoms with Crippen LogP contribution in [0, 0.1) is 10.6 Å². The average Bonchev–Trinajstić information content (AvgIpc) is 1.39. The van der Waals surface area contributed by atoms with E-state index in [-0.39, 0.29) is 0 Å². The monoisotopic (exact) mass is 88.1 g/mol. The zero-order valence-electron chi connectivity index (χ0n) is 4.01. The maximum Gasteiger partial charge on any atom is 0.237 e. The number of rotatable bonds is 0. The fourth-order valence-corrected chi connectivity index (χ4v) is 0. The van der Waals surface area contributed by atoms with Crippen molar-refractivity contribution in [2.24, 2.45) is 0 Å². The van der Waals surface area contributed by atoms with Crippen LogP contribution in [-0.2, 0) is 0 Å². The standard InChI is InChI=1S/C3H8.N2O/c1-3-2;1-2-3/h3H2,1-2H3;. The lowest BCUT2D eigenvalue weighted by Gasteiger charge is -1.48. The molecule has 0 N–H and O–H groups in total. The number of diazo groups is 1. The van der Waals surface area contributed by atoms with Gasteiger partial charge < -0.3 is 5.21 Å². The third-order valence-electron chi connectivity index (χ3n) is 0. The lowest BCUT2D eigenvalue weighted by atomic mass is 10.6. The normalized spacial score (nSPS) is 4.17. The SMILES string of the molecule is CCC.N#[N+][O-]. The highest BCUT2D eigenvalue weighted by atomic mass is 16.4. The van der Waals surface area contributed by atoms with Crippen molar-refractivity contribution in [2.75, 3.05) is 0 Å². The molecule has 0 aliphatic heterocycles. The molecule has 3 nitrogen and oxygen atoms in total. The van der Waals surface area contributed by atoms with E-state index in [1.165, 1.54) is 11.6 Å². The van der Waals surface area contributed by atoms with Crippen molar-refractivity contribution >= 4 is 0 Å². The Labute approximate surface area is 37.2 Å². The summed E-state index contributed by atoms with van der Waals surface area (Å²) in [5.41, 5.74) is 0. The topological polar surface area (TPSA) is 51.2 Å². The fraction of sp³-hybridized carbons (Fsp3) is 1.00. The van der Waals surface area contributed by atoms with Crippen molar-refractivity contribution in [1.29, 1.82) is 5.39 Å². The van der Waals surface area contributed by atoms with Gasteiger partial charge in [0.15, 0.2) is 0 Å². The first-order chi connectivity index (χ1) is 2.83. The summed E-state index contributed by atoms with van der Waals surface area (Å²) in [6.07, 6.45) is 1.25. The number of hydrogen-bond donors (Lipinski definition) is 0. The zero-order valence-corrected chi connectivity index (χ0v) is 4.01. The molecule has 0 fully saturated rings. The van der Waals surface area contributed by atoms with Crippen molar-refractivity contribution in [2.45, 2.75) is 20.3 Å². The largest absolute Gasteiger partial charge is 0.463 e. The maximum absolute atomic E-state index is 8.11. The van der Waals surface area contributed by atoms with E-state index in [9.17, 15) is 0 Å². The van der Waals surface area contributed by atoms with Crippen LogP contribution in [0.1, 0.15) is 20.3 Å². The van der Waals surface area contributed by atoms with Crippen LogP contribution < -0.4 is 0 Å². The quantitative estimate of drug-likeness (QED) is 0.334. The highest BCUT2D eigenvalue weighted by Crippen LogP contribution is 1.56. The third-order valence-corrected chi connectivity index (χ3v) is 0. The van der Waals surface area contributed by atoms with Crippen LogP contribution in [0.2, 0.25) is 0 Å². The van der Waals surface area contributed by atoms with Crippen LogP contribution in [0.15, 0.2) is 0 Å². The van der Waals surface area contributed by atoms with Gasteiger partial charge in [0.05, 0.1) is 0 Å². The van der Waals surface area contributed by atoms with Crippen LogP contribution in [-0.4, -0.2) is 0 Å². The van der Waals surface area contributed by atoms with E-state index in [2.05, 4.69) is 13.8 Å². The van der Waals surface area contributed by atoms with Crippen molar-refractivity contribution in [3.63, 3.8) is 0 Å². The summed E-state index contributed by atoms with van der Waals surface area (Å²) < 4.78 is 0. The Morgan fingerprint density at radius 2 is 1.67 bits per heavy atom. The van der Waals surface area contributed by atoms with Gasteiger partial charge in [-0.2, -0.15) is 0 Å². The van der Waals surface area contributed by atoms with E-state index < -0.39 is 0 Å². The molecular weight excluding hydrogens is 80.0 g/mol. The molecule has 3 heteroatoms. The highest BCUT2D eigenvalue weighted by molar-refractivity contribution is 4.43. The van der Waals surface area contributed by atoms with Gasteiger partial charge in [0.2, 0.25) is 10.5 Å². The minimum absolute atomic E-state index is 1.25. The van der Waals surface area contributed by atoms with E-state index >= 15 is 0 Å². The molecule has 36 valence electrons. The van der Waals surface area contributed by atoms with Crippen molar-refractivity contribution in [3.05, 3.63) is 10.3 Å². The molecular formula is C3H8N2O. The summed E-state index contributed by atoms with van der Waals surface area (Å²) in [6, 6.07) is 0. The molecule has 6 heavy (non-hydrogen) atoms. The predicted octanol–water partition coefficient (Wildman–Crippen LogP) is 1.75. The molecule has 0 aromatic heterocycles. The molecule has 0 amide bonds. The molecule has 0 saturated heterocycles. The van der Waals surface area contributed by atoms with Gasteiger partial charge in [0, 0.05) is 0 Å². The fourth-order valence-electron chi connectivity index (χ4n) is 0. The Bertz CT molecular complexity index is 38.5. The molecule has 0 atom stereocenters. The van der Waals surface area contributed by atoms with Crippen LogP contribution in [0.5, 0.6) is 0 Å². The molecule has 0 radical (unpaired) electrons. The van der Waals surface area contributed by atoms with Crippen molar-refractivity contribution in [3.8, 4) is 0 Å². The van der Waals surface area contributed by atoms with Crippen molar-refractivity contribution < 1.29 is 0 Å². The Balaban J connectivity index is 0. The Hall–Kier alpha value is -0.780. The van der Waals surface area contributed by atoms with Gasteiger partial charge in [-0.3, -0.25) is 0 Å². The highest BCUT2D eigenvalue weighted by Gasteiger charge is 1.35.